The fraction of sp³-hybridized carbons (Fsp3) is 0.154. The van der Waals surface area contributed by atoms with Crippen LogP contribution in [0, 0.1) is 6.92 Å². The van der Waals surface area contributed by atoms with Crippen LogP contribution in [0.1, 0.15) is 5.56 Å². The zero-order valence-corrected chi connectivity index (χ0v) is 12.9. The zero-order chi connectivity index (χ0) is 14.3. The number of benzene rings is 1. The minimum Gasteiger partial charge on any atom is -0.302 e. The number of rotatable bonds is 2. The predicted octanol–water partition coefficient (Wildman–Crippen LogP) is 1.85. The molecule has 0 amide bonds. The summed E-state index contributed by atoms with van der Waals surface area (Å²) in [7, 11) is -3.66. The summed E-state index contributed by atoms with van der Waals surface area (Å²) in [5, 5.41) is 1.46. The van der Waals surface area contributed by atoms with Gasteiger partial charge in [0, 0.05) is 12.4 Å². The van der Waals surface area contributed by atoms with Crippen LogP contribution in [-0.2, 0) is 10.0 Å². The molecule has 0 fully saturated rings. The van der Waals surface area contributed by atoms with E-state index in [-0.39, 0.29) is 17.3 Å². The molecule has 0 bridgehead atoms. The lowest BCUT2D eigenvalue weighted by Gasteiger charge is -2.20. The molecule has 1 aromatic carbocycles. The second-order valence-corrected chi connectivity index (χ2v) is 6.42. The van der Waals surface area contributed by atoms with Crippen molar-refractivity contribution in [3.63, 3.8) is 0 Å². The highest BCUT2D eigenvalue weighted by Gasteiger charge is 2.24. The maximum atomic E-state index is 12.6. The molecule has 21 heavy (non-hydrogen) atoms. The van der Waals surface area contributed by atoms with Crippen LogP contribution in [0.25, 0.3) is 0 Å². The lowest BCUT2D eigenvalue weighted by molar-refractivity contribution is 0.588. The lowest BCUT2D eigenvalue weighted by Crippen LogP contribution is -2.34. The molecule has 0 aliphatic carbocycles. The van der Waals surface area contributed by atoms with Crippen LogP contribution >= 0.6 is 12.4 Å². The Labute approximate surface area is 129 Å². The largest absolute Gasteiger partial charge is 0.302 e. The number of hydrazine groups is 1. The van der Waals surface area contributed by atoms with Crippen LogP contribution < -0.4 is 10.9 Å². The van der Waals surface area contributed by atoms with Crippen molar-refractivity contribution in [2.45, 2.75) is 11.8 Å². The second-order valence-electron chi connectivity index (χ2n) is 4.60. The van der Waals surface area contributed by atoms with Gasteiger partial charge in [0.2, 0.25) is 0 Å². The second kappa shape index (κ2) is 5.51. The van der Waals surface area contributed by atoms with Gasteiger partial charge >= 0.3 is 0 Å². The van der Waals surface area contributed by atoms with Gasteiger partial charge in [-0.25, -0.2) is 23.2 Å². The summed E-state index contributed by atoms with van der Waals surface area (Å²) in [6.45, 7) is 2.37. The van der Waals surface area contributed by atoms with Crippen LogP contribution in [0.15, 0.2) is 46.4 Å². The van der Waals surface area contributed by atoms with Crippen LogP contribution in [0.4, 0.5) is 11.5 Å². The van der Waals surface area contributed by atoms with Gasteiger partial charge in [-0.15, -0.1) is 12.4 Å². The van der Waals surface area contributed by atoms with Crippen molar-refractivity contribution in [2.75, 3.05) is 11.6 Å². The highest BCUT2D eigenvalue weighted by Crippen LogP contribution is 2.33. The number of anilines is 1. The summed E-state index contributed by atoms with van der Waals surface area (Å²) >= 11 is 0. The van der Waals surface area contributed by atoms with Gasteiger partial charge in [0.05, 0.1) is 17.1 Å². The molecule has 6 nitrogen and oxygen atoms in total. The molecule has 3 rings (SSSR count). The third-order valence-corrected chi connectivity index (χ3v) is 4.87. The number of aryl methyl sites for hydroxylation is 1. The predicted molar refractivity (Wildman–Crippen MR) is 85.1 cm³/mol. The number of aromatic nitrogens is 1. The molecular formula is C13H15ClN4O2S. The Morgan fingerprint density at radius 1 is 1.19 bits per heavy atom. The molecule has 0 radical (unpaired) electrons. The van der Waals surface area contributed by atoms with Gasteiger partial charge in [-0.1, -0.05) is 17.7 Å². The average molecular weight is 327 g/mol. The molecule has 1 aliphatic heterocycles. The number of hydrogen-bond donors (Lipinski definition) is 1. The van der Waals surface area contributed by atoms with Crippen molar-refractivity contribution < 1.29 is 8.42 Å². The van der Waals surface area contributed by atoms with E-state index in [4.69, 9.17) is 5.84 Å². The Hall–Kier alpha value is -1.83. The van der Waals surface area contributed by atoms with Gasteiger partial charge in [-0.05, 0) is 25.1 Å². The highest BCUT2D eigenvalue weighted by atomic mass is 35.5. The number of nitrogens with two attached hydrogens (primary N) is 1. The van der Waals surface area contributed by atoms with Crippen LogP contribution in [0.2, 0.25) is 0 Å². The van der Waals surface area contributed by atoms with Crippen LogP contribution in [-0.4, -0.2) is 25.1 Å². The first-order valence-corrected chi connectivity index (χ1v) is 7.52. The molecule has 1 aromatic heterocycles. The molecule has 1 aliphatic rings. The van der Waals surface area contributed by atoms with Gasteiger partial charge in [0.15, 0.2) is 5.82 Å². The first-order chi connectivity index (χ1) is 9.50. The van der Waals surface area contributed by atoms with Gasteiger partial charge < -0.3 is 5.01 Å². The smallest absolute Gasteiger partial charge is 0.269 e. The Bertz CT molecular complexity index is 781. The molecule has 0 spiro atoms. The third kappa shape index (κ3) is 2.55. The molecule has 0 unspecified atom stereocenters. The minimum atomic E-state index is -3.66. The van der Waals surface area contributed by atoms with E-state index in [1.165, 1.54) is 11.2 Å². The van der Waals surface area contributed by atoms with E-state index in [9.17, 15) is 8.42 Å². The summed E-state index contributed by atoms with van der Waals surface area (Å²) < 4.78 is 26.4. The Morgan fingerprint density at radius 3 is 2.52 bits per heavy atom. The van der Waals surface area contributed by atoms with Gasteiger partial charge in [-0.2, -0.15) is 0 Å². The van der Waals surface area contributed by atoms with Gasteiger partial charge in [0.1, 0.15) is 0 Å². The van der Waals surface area contributed by atoms with Crippen molar-refractivity contribution in [2.24, 2.45) is 10.8 Å². The molecule has 112 valence electrons. The fourth-order valence-electron chi connectivity index (χ4n) is 2.07. The quantitative estimate of drug-likeness (QED) is 0.854. The molecule has 2 aromatic rings. The van der Waals surface area contributed by atoms with Crippen molar-refractivity contribution in [3.8, 4) is 0 Å². The zero-order valence-electron chi connectivity index (χ0n) is 11.3. The van der Waals surface area contributed by atoms with Gasteiger partial charge in [0.25, 0.3) is 10.0 Å². The van der Waals surface area contributed by atoms with E-state index in [2.05, 4.69) is 4.99 Å². The summed E-state index contributed by atoms with van der Waals surface area (Å²) in [4.78, 5) is 4.38. The van der Waals surface area contributed by atoms with E-state index in [0.717, 1.165) is 9.54 Å². The fourth-order valence-corrected chi connectivity index (χ4v) is 3.37. The van der Waals surface area contributed by atoms with Crippen molar-refractivity contribution in [1.29, 1.82) is 0 Å². The third-order valence-electron chi connectivity index (χ3n) is 3.18. The maximum Gasteiger partial charge on any atom is 0.269 e. The van der Waals surface area contributed by atoms with E-state index >= 15 is 0 Å². The van der Waals surface area contributed by atoms with Crippen molar-refractivity contribution >= 4 is 40.2 Å². The van der Waals surface area contributed by atoms with Crippen LogP contribution in [0.5, 0.6) is 0 Å². The normalized spacial score (nSPS) is 13.7. The van der Waals surface area contributed by atoms with E-state index < -0.39 is 10.0 Å². The summed E-state index contributed by atoms with van der Waals surface area (Å²) in [6.07, 6.45) is 3.06. The average Bonchev–Trinajstić information content (AvgIpc) is 2.85. The lowest BCUT2D eigenvalue weighted by atomic mass is 10.2. The minimum absolute atomic E-state index is 0. The Balaban J connectivity index is 0.00000161. The Morgan fingerprint density at radius 2 is 1.86 bits per heavy atom. The number of nitrogens with zero attached hydrogens (tertiary/aromatic N) is 3. The summed E-state index contributed by atoms with van der Waals surface area (Å²) in [5.41, 5.74) is 1.60. The first kappa shape index (κ1) is 15.6. The summed E-state index contributed by atoms with van der Waals surface area (Å²) in [5.74, 6) is 6.13. The van der Waals surface area contributed by atoms with Gasteiger partial charge in [-0.3, -0.25) is 0 Å². The van der Waals surface area contributed by atoms with E-state index in [1.54, 1.807) is 36.5 Å². The number of fused-ring (bicyclic) bond motifs is 1. The van der Waals surface area contributed by atoms with Crippen molar-refractivity contribution in [3.05, 3.63) is 42.1 Å². The molecule has 0 atom stereocenters. The summed E-state index contributed by atoms with van der Waals surface area (Å²) in [6, 6.07) is 8.36. The SMILES string of the molecule is Cc1ccc(S(=O)(=O)n2ccc3c2N=CCN3N)cc1.Cl. The van der Waals surface area contributed by atoms with E-state index in [1.807, 2.05) is 6.92 Å². The first-order valence-electron chi connectivity index (χ1n) is 6.08. The Kier molecular flexibility index (Phi) is 4.08. The number of hydrogen-bond acceptors (Lipinski definition) is 5. The topological polar surface area (TPSA) is 80.7 Å². The standard InChI is InChI=1S/C13H14N4O2S.ClH/c1-10-2-4-11(5-3-10)20(18,19)17-8-6-12-13(17)15-7-9-16(12)14;/h2-8H,9,14H2,1H3;1H. The number of aliphatic imine (C=N–C) groups is 1. The van der Waals surface area contributed by atoms with Crippen molar-refractivity contribution in [1.82, 2.24) is 3.97 Å². The monoisotopic (exact) mass is 326 g/mol. The molecule has 2 N–H and O–H groups in total. The highest BCUT2D eigenvalue weighted by molar-refractivity contribution is 7.90. The maximum absolute atomic E-state index is 12.6. The van der Waals surface area contributed by atoms with E-state index in [0.29, 0.717) is 18.1 Å². The molecule has 0 saturated carbocycles. The molecule has 8 heteroatoms. The molecule has 2 heterocycles. The molecule has 0 saturated heterocycles. The number of halogens is 1. The van der Waals surface area contributed by atoms with Crippen LogP contribution in [0.3, 0.4) is 0 Å². The molecular weight excluding hydrogens is 312 g/mol.